The summed E-state index contributed by atoms with van der Waals surface area (Å²) in [6.45, 7) is 6.38. The van der Waals surface area contributed by atoms with Crippen LogP contribution in [0.25, 0.3) is 16.2 Å². The Bertz CT molecular complexity index is 950. The van der Waals surface area contributed by atoms with Crippen LogP contribution >= 0.6 is 23.3 Å². The van der Waals surface area contributed by atoms with Gasteiger partial charge in [0.2, 0.25) is 0 Å². The number of thiophene rings is 1. The lowest BCUT2D eigenvalue weighted by Gasteiger charge is -2.12. The fourth-order valence-corrected chi connectivity index (χ4v) is 4.54. The van der Waals surface area contributed by atoms with Crippen molar-refractivity contribution < 1.29 is 9.90 Å². The molecule has 0 saturated carbocycles. The van der Waals surface area contributed by atoms with Gasteiger partial charge in [-0.25, -0.2) is 4.79 Å². The molecule has 5 heteroatoms. The van der Waals surface area contributed by atoms with Gasteiger partial charge in [-0.2, -0.15) is 0 Å². The van der Waals surface area contributed by atoms with Crippen molar-refractivity contribution in [1.29, 1.82) is 0 Å². The number of aliphatic carboxylic acids is 1. The molecule has 0 saturated heterocycles. The van der Waals surface area contributed by atoms with E-state index in [4.69, 9.17) is 5.11 Å². The first-order chi connectivity index (χ1) is 11.9. The predicted octanol–water partition coefficient (Wildman–Crippen LogP) is 6.04. The van der Waals surface area contributed by atoms with E-state index in [9.17, 15) is 4.79 Å². The third-order valence-corrected chi connectivity index (χ3v) is 6.07. The minimum atomic E-state index is -0.931. The average molecular weight is 370 g/mol. The Morgan fingerprint density at radius 3 is 2.52 bits per heavy atom. The van der Waals surface area contributed by atoms with Crippen LogP contribution in [-0.4, -0.2) is 11.1 Å². The van der Waals surface area contributed by atoms with E-state index < -0.39 is 5.97 Å². The SMILES string of the molecule is Cc1cc(C)c(SNc2ccc3sc(/C=C/C(=O)O)cc3c2)c(C)c1. The Morgan fingerprint density at radius 2 is 1.84 bits per heavy atom. The molecular weight excluding hydrogens is 350 g/mol. The van der Waals surface area contributed by atoms with Crippen molar-refractivity contribution in [1.82, 2.24) is 0 Å². The van der Waals surface area contributed by atoms with Crippen molar-refractivity contribution in [2.24, 2.45) is 0 Å². The molecule has 128 valence electrons. The lowest BCUT2D eigenvalue weighted by Crippen LogP contribution is -1.92. The topological polar surface area (TPSA) is 49.3 Å². The van der Waals surface area contributed by atoms with Crippen LogP contribution < -0.4 is 4.72 Å². The van der Waals surface area contributed by atoms with Crippen LogP contribution in [0.2, 0.25) is 0 Å². The minimum absolute atomic E-state index is 0.931. The molecule has 0 atom stereocenters. The number of carboxylic acid groups (broad SMARTS) is 1. The number of fused-ring (bicyclic) bond motifs is 1. The van der Waals surface area contributed by atoms with Crippen LogP contribution in [0.4, 0.5) is 5.69 Å². The van der Waals surface area contributed by atoms with Gasteiger partial charge >= 0.3 is 5.97 Å². The average Bonchev–Trinajstić information content (AvgIpc) is 2.94. The number of rotatable bonds is 5. The van der Waals surface area contributed by atoms with Crippen LogP contribution in [0.15, 0.2) is 47.4 Å². The van der Waals surface area contributed by atoms with Gasteiger partial charge in [0.1, 0.15) is 0 Å². The molecule has 25 heavy (non-hydrogen) atoms. The van der Waals surface area contributed by atoms with Crippen molar-refractivity contribution in [3.8, 4) is 0 Å². The summed E-state index contributed by atoms with van der Waals surface area (Å²) in [5.74, 6) is -0.931. The maximum atomic E-state index is 10.6. The molecule has 1 heterocycles. The Balaban J connectivity index is 1.79. The van der Waals surface area contributed by atoms with E-state index in [0.29, 0.717) is 0 Å². The number of carbonyl (C=O) groups is 1. The van der Waals surface area contributed by atoms with Crippen LogP contribution in [0.3, 0.4) is 0 Å². The van der Waals surface area contributed by atoms with E-state index in [1.54, 1.807) is 29.4 Å². The summed E-state index contributed by atoms with van der Waals surface area (Å²) in [5, 5.41) is 9.85. The number of nitrogens with one attached hydrogen (secondary N) is 1. The maximum absolute atomic E-state index is 10.6. The van der Waals surface area contributed by atoms with E-state index >= 15 is 0 Å². The number of hydrogen-bond donors (Lipinski definition) is 2. The Morgan fingerprint density at radius 1 is 1.12 bits per heavy atom. The van der Waals surface area contributed by atoms with Gasteiger partial charge in [-0.05, 0) is 79.6 Å². The van der Waals surface area contributed by atoms with E-state index in [1.165, 1.54) is 27.7 Å². The van der Waals surface area contributed by atoms with Crippen molar-refractivity contribution >= 4 is 51.1 Å². The molecule has 3 aromatic rings. The lowest BCUT2D eigenvalue weighted by molar-refractivity contribution is -0.131. The number of carboxylic acids is 1. The molecule has 1 aromatic heterocycles. The van der Waals surface area contributed by atoms with E-state index in [1.807, 2.05) is 6.07 Å². The summed E-state index contributed by atoms with van der Waals surface area (Å²) in [6, 6.07) is 12.6. The van der Waals surface area contributed by atoms with E-state index in [2.05, 4.69) is 55.8 Å². The van der Waals surface area contributed by atoms with Crippen LogP contribution in [0.1, 0.15) is 21.6 Å². The summed E-state index contributed by atoms with van der Waals surface area (Å²) in [5.41, 5.74) is 4.85. The Hall–Kier alpha value is -2.24. The summed E-state index contributed by atoms with van der Waals surface area (Å²) < 4.78 is 4.56. The highest BCUT2D eigenvalue weighted by Gasteiger charge is 2.06. The third kappa shape index (κ3) is 4.24. The van der Waals surface area contributed by atoms with E-state index in [0.717, 1.165) is 20.7 Å². The molecule has 0 unspecified atom stereocenters. The number of aryl methyl sites for hydroxylation is 3. The van der Waals surface area contributed by atoms with Crippen molar-refractivity contribution in [2.75, 3.05) is 4.72 Å². The van der Waals surface area contributed by atoms with Gasteiger partial charge < -0.3 is 9.83 Å². The van der Waals surface area contributed by atoms with Crippen LogP contribution in [0, 0.1) is 20.8 Å². The first-order valence-corrected chi connectivity index (χ1v) is 9.51. The summed E-state index contributed by atoms with van der Waals surface area (Å²) >= 11 is 3.21. The molecule has 0 amide bonds. The molecule has 0 spiro atoms. The third-order valence-electron chi connectivity index (χ3n) is 3.80. The molecule has 0 aliphatic rings. The summed E-state index contributed by atoms with van der Waals surface area (Å²) in [6.07, 6.45) is 2.80. The predicted molar refractivity (Wildman–Crippen MR) is 109 cm³/mol. The van der Waals surface area contributed by atoms with Crippen LogP contribution in [-0.2, 0) is 4.79 Å². The molecule has 2 N–H and O–H groups in total. The molecule has 0 aliphatic heterocycles. The van der Waals surface area contributed by atoms with Gasteiger partial charge in [0.05, 0.1) is 0 Å². The quantitative estimate of drug-likeness (QED) is 0.425. The lowest BCUT2D eigenvalue weighted by atomic mass is 10.1. The van der Waals surface area contributed by atoms with Gasteiger partial charge in [-0.15, -0.1) is 11.3 Å². The molecule has 3 nitrogen and oxygen atoms in total. The second-order valence-corrected chi connectivity index (χ2v) is 7.94. The molecule has 2 aromatic carbocycles. The summed E-state index contributed by atoms with van der Waals surface area (Å²) in [7, 11) is 0. The Labute approximate surface area is 155 Å². The highest BCUT2D eigenvalue weighted by atomic mass is 32.2. The smallest absolute Gasteiger partial charge is 0.328 e. The minimum Gasteiger partial charge on any atom is -0.478 e. The van der Waals surface area contributed by atoms with Gasteiger partial charge in [0.25, 0.3) is 0 Å². The van der Waals surface area contributed by atoms with Crippen molar-refractivity contribution in [3.63, 3.8) is 0 Å². The second-order valence-electron chi connectivity index (χ2n) is 6.00. The fraction of sp³-hybridized carbons (Fsp3) is 0.150. The molecule has 3 rings (SSSR count). The van der Waals surface area contributed by atoms with Crippen LogP contribution in [0.5, 0.6) is 0 Å². The molecule has 0 radical (unpaired) electrons. The molecule has 0 bridgehead atoms. The number of hydrogen-bond acceptors (Lipinski definition) is 4. The second kappa shape index (κ2) is 7.33. The van der Waals surface area contributed by atoms with Gasteiger partial charge in [0, 0.05) is 26.2 Å². The highest BCUT2D eigenvalue weighted by Crippen LogP contribution is 2.32. The summed E-state index contributed by atoms with van der Waals surface area (Å²) in [4.78, 5) is 12.8. The maximum Gasteiger partial charge on any atom is 0.328 e. The van der Waals surface area contributed by atoms with E-state index in [-0.39, 0.29) is 0 Å². The van der Waals surface area contributed by atoms with Gasteiger partial charge in [-0.1, -0.05) is 17.7 Å². The zero-order chi connectivity index (χ0) is 18.0. The van der Waals surface area contributed by atoms with Gasteiger partial charge in [-0.3, -0.25) is 0 Å². The zero-order valence-corrected chi connectivity index (χ0v) is 15.9. The molecule has 0 aliphatic carbocycles. The first-order valence-electron chi connectivity index (χ1n) is 7.87. The molecular formula is C20H19NO2S2. The van der Waals surface area contributed by atoms with Crippen molar-refractivity contribution in [2.45, 2.75) is 25.7 Å². The Kier molecular flexibility index (Phi) is 5.16. The highest BCUT2D eigenvalue weighted by molar-refractivity contribution is 8.00. The van der Waals surface area contributed by atoms with Gasteiger partial charge in [0.15, 0.2) is 0 Å². The monoisotopic (exact) mass is 369 g/mol. The standard InChI is InChI=1S/C20H19NO2S2/c1-12-8-13(2)20(14(3)9-12)25-21-16-4-6-18-15(10-16)11-17(24-18)5-7-19(22)23/h4-11,21H,1-3H3,(H,22,23)/b7-5+. The normalized spacial score (nSPS) is 11.3. The fourth-order valence-electron chi connectivity index (χ4n) is 2.80. The molecule has 0 fully saturated rings. The van der Waals surface area contributed by atoms with Crippen molar-refractivity contribution in [3.05, 3.63) is 64.0 Å². The zero-order valence-electron chi connectivity index (χ0n) is 14.3. The number of benzene rings is 2. The first kappa shape index (κ1) is 17.6. The largest absolute Gasteiger partial charge is 0.478 e. The number of anilines is 1.